The van der Waals surface area contributed by atoms with Crippen molar-refractivity contribution in [3.8, 4) is 0 Å². The first kappa shape index (κ1) is 12.8. The molecule has 2 aliphatic rings. The van der Waals surface area contributed by atoms with E-state index in [4.69, 9.17) is 16.3 Å². The second-order valence-corrected chi connectivity index (χ2v) is 5.19. The van der Waals surface area contributed by atoms with Gasteiger partial charge in [0.05, 0.1) is 6.61 Å². The minimum atomic E-state index is -0.837. The van der Waals surface area contributed by atoms with Crippen molar-refractivity contribution in [2.45, 2.75) is 31.7 Å². The highest BCUT2D eigenvalue weighted by Crippen LogP contribution is 2.33. The van der Waals surface area contributed by atoms with Gasteiger partial charge in [-0.1, -0.05) is 11.6 Å². The van der Waals surface area contributed by atoms with E-state index in [9.17, 15) is 9.50 Å². The largest absolute Gasteiger partial charge is 0.366 e. The maximum absolute atomic E-state index is 13.4. The van der Waals surface area contributed by atoms with Crippen LogP contribution in [0.4, 0.5) is 4.39 Å². The first-order chi connectivity index (χ1) is 9.13. The van der Waals surface area contributed by atoms with Gasteiger partial charge >= 0.3 is 0 Å². The molecule has 0 aromatic carbocycles. The van der Waals surface area contributed by atoms with E-state index < -0.39 is 12.1 Å². The third-order valence-corrected chi connectivity index (χ3v) is 3.58. The van der Waals surface area contributed by atoms with Crippen LogP contribution in [-0.4, -0.2) is 33.9 Å². The molecule has 19 heavy (non-hydrogen) atoms. The number of pyridine rings is 1. The van der Waals surface area contributed by atoms with E-state index in [0.29, 0.717) is 19.2 Å². The van der Waals surface area contributed by atoms with Gasteiger partial charge in [0.15, 0.2) is 17.3 Å². The van der Waals surface area contributed by atoms with Crippen molar-refractivity contribution in [1.29, 1.82) is 0 Å². The summed E-state index contributed by atoms with van der Waals surface area (Å²) in [5.74, 6) is -0.508. The van der Waals surface area contributed by atoms with Crippen LogP contribution >= 0.6 is 11.6 Å². The molecular formula is C13H14ClFN2O2. The second kappa shape index (κ2) is 5.07. The highest BCUT2D eigenvalue weighted by Gasteiger charge is 2.32. The van der Waals surface area contributed by atoms with Gasteiger partial charge in [0.25, 0.3) is 0 Å². The second-order valence-electron chi connectivity index (χ2n) is 4.83. The van der Waals surface area contributed by atoms with Gasteiger partial charge < -0.3 is 14.7 Å². The Morgan fingerprint density at radius 2 is 2.32 bits per heavy atom. The minimum absolute atomic E-state index is 0.111. The smallest absolute Gasteiger partial charge is 0.176 e. The van der Waals surface area contributed by atoms with Gasteiger partial charge in [0.1, 0.15) is 0 Å². The lowest BCUT2D eigenvalue weighted by molar-refractivity contribution is -0.0414. The average molecular weight is 285 g/mol. The molecule has 1 fully saturated rings. The summed E-state index contributed by atoms with van der Waals surface area (Å²) in [6, 6.07) is 1.84. The van der Waals surface area contributed by atoms with Gasteiger partial charge in [0, 0.05) is 24.5 Å². The molecule has 0 spiro atoms. The highest BCUT2D eigenvalue weighted by molar-refractivity contribution is 6.29. The van der Waals surface area contributed by atoms with Crippen LogP contribution in [0.3, 0.4) is 0 Å². The van der Waals surface area contributed by atoms with Crippen molar-refractivity contribution < 1.29 is 14.2 Å². The number of hydrogen-bond acceptors (Lipinski definition) is 4. The number of hydrogen-bond donors (Lipinski definition) is 1. The average Bonchev–Trinajstić information content (AvgIpc) is 3.13. The number of aromatic nitrogens is 1. The van der Waals surface area contributed by atoms with E-state index in [1.165, 1.54) is 6.07 Å². The molecule has 1 unspecified atom stereocenters. The van der Waals surface area contributed by atoms with Crippen molar-refractivity contribution >= 4 is 11.6 Å². The van der Waals surface area contributed by atoms with E-state index in [1.807, 2.05) is 0 Å². The molecule has 1 aliphatic heterocycles. The van der Waals surface area contributed by atoms with Crippen LogP contribution in [0.2, 0.25) is 5.15 Å². The summed E-state index contributed by atoms with van der Waals surface area (Å²) >= 11 is 5.57. The first-order valence-electron chi connectivity index (χ1n) is 6.20. The maximum atomic E-state index is 13.4. The van der Waals surface area contributed by atoms with E-state index >= 15 is 0 Å². The lowest BCUT2D eigenvalue weighted by Gasteiger charge is -2.25. The van der Waals surface area contributed by atoms with Crippen molar-refractivity contribution in [3.05, 3.63) is 40.6 Å². The molecule has 0 radical (unpaired) electrons. The molecule has 4 nitrogen and oxygen atoms in total. The fourth-order valence-electron chi connectivity index (χ4n) is 2.21. The van der Waals surface area contributed by atoms with E-state index in [1.54, 1.807) is 12.3 Å². The normalized spacial score (nSPS) is 22.5. The molecule has 1 aliphatic carbocycles. The van der Waals surface area contributed by atoms with Crippen molar-refractivity contribution in [2.75, 3.05) is 6.61 Å². The lowest BCUT2D eigenvalue weighted by atomic mass is 10.2. The topological polar surface area (TPSA) is 45.6 Å². The first-order valence-corrected chi connectivity index (χ1v) is 6.58. The zero-order valence-corrected chi connectivity index (χ0v) is 11.0. The number of aliphatic hydroxyl groups excluding tert-OH is 1. The van der Waals surface area contributed by atoms with E-state index in [2.05, 4.69) is 9.88 Å². The van der Waals surface area contributed by atoms with Crippen LogP contribution in [0, 0.1) is 5.82 Å². The molecule has 1 N–H and O–H groups in total. The summed E-state index contributed by atoms with van der Waals surface area (Å²) < 4.78 is 18.5. The summed E-state index contributed by atoms with van der Waals surface area (Å²) in [4.78, 5) is 5.96. The minimum Gasteiger partial charge on any atom is -0.366 e. The van der Waals surface area contributed by atoms with E-state index in [0.717, 1.165) is 24.1 Å². The molecule has 3 rings (SSSR count). The highest BCUT2D eigenvalue weighted by atomic mass is 35.5. The molecule has 0 amide bonds. The zero-order valence-electron chi connectivity index (χ0n) is 10.2. The predicted octanol–water partition coefficient (Wildman–Crippen LogP) is 2.07. The molecule has 1 aromatic rings. The maximum Gasteiger partial charge on any atom is 0.176 e. The standard InChI is InChI=1S/C13H14ClFN2O2/c14-13-11(15)3-8(5-16-13)6-17(9-1-2-9)10-4-12(18)19-7-10/h3-5,9,12,18H,1-2,6-7H2. The molecule has 1 aromatic heterocycles. The zero-order chi connectivity index (χ0) is 13.4. The van der Waals surface area contributed by atoms with Gasteiger partial charge in [-0.15, -0.1) is 0 Å². The van der Waals surface area contributed by atoms with Crippen molar-refractivity contribution in [1.82, 2.24) is 9.88 Å². The van der Waals surface area contributed by atoms with Crippen molar-refractivity contribution in [2.24, 2.45) is 0 Å². The quantitative estimate of drug-likeness (QED) is 0.860. The number of nitrogens with zero attached hydrogens (tertiary/aromatic N) is 2. The Bertz CT molecular complexity index is 519. The van der Waals surface area contributed by atoms with Gasteiger partial charge in [-0.3, -0.25) is 0 Å². The Morgan fingerprint density at radius 3 is 2.89 bits per heavy atom. The summed E-state index contributed by atoms with van der Waals surface area (Å²) in [7, 11) is 0. The summed E-state index contributed by atoms with van der Waals surface area (Å²) in [6.07, 6.45) is 4.65. The molecule has 102 valence electrons. The molecule has 0 saturated heterocycles. The third kappa shape index (κ3) is 2.88. The Labute approximate surface area is 115 Å². The molecular weight excluding hydrogens is 271 g/mol. The van der Waals surface area contributed by atoms with Crippen LogP contribution in [0.25, 0.3) is 0 Å². The van der Waals surface area contributed by atoms with E-state index in [-0.39, 0.29) is 5.15 Å². The monoisotopic (exact) mass is 284 g/mol. The SMILES string of the molecule is OC1C=C(N(Cc2cnc(Cl)c(F)c2)C2CC2)CO1. The molecule has 6 heteroatoms. The van der Waals surface area contributed by atoms with Crippen LogP contribution in [0.1, 0.15) is 18.4 Å². The Hall–Kier alpha value is -1.17. The summed E-state index contributed by atoms with van der Waals surface area (Å²) in [5, 5.41) is 9.27. The number of halogens is 2. The Kier molecular flexibility index (Phi) is 3.43. The lowest BCUT2D eigenvalue weighted by Crippen LogP contribution is -2.26. The van der Waals surface area contributed by atoms with Gasteiger partial charge in [-0.05, 0) is 30.5 Å². The van der Waals surface area contributed by atoms with Gasteiger partial charge in [0.2, 0.25) is 0 Å². The van der Waals surface area contributed by atoms with Crippen LogP contribution < -0.4 is 0 Å². The van der Waals surface area contributed by atoms with Crippen LogP contribution in [0.5, 0.6) is 0 Å². The number of aliphatic hydroxyl groups is 1. The molecule has 2 heterocycles. The fraction of sp³-hybridized carbons (Fsp3) is 0.462. The fourth-order valence-corrected chi connectivity index (χ4v) is 2.31. The third-order valence-electron chi connectivity index (χ3n) is 3.30. The number of ether oxygens (including phenoxy) is 1. The summed E-state index contributed by atoms with van der Waals surface area (Å²) in [5.41, 5.74) is 1.71. The Morgan fingerprint density at radius 1 is 1.53 bits per heavy atom. The molecule has 0 bridgehead atoms. The number of rotatable bonds is 4. The van der Waals surface area contributed by atoms with Gasteiger partial charge in [-0.2, -0.15) is 0 Å². The van der Waals surface area contributed by atoms with Gasteiger partial charge in [-0.25, -0.2) is 9.37 Å². The summed E-state index contributed by atoms with van der Waals surface area (Å²) in [6.45, 7) is 0.939. The Balaban J connectivity index is 1.78. The van der Waals surface area contributed by atoms with Crippen LogP contribution in [0.15, 0.2) is 24.0 Å². The van der Waals surface area contributed by atoms with Crippen LogP contribution in [-0.2, 0) is 11.3 Å². The molecule has 1 atom stereocenters. The van der Waals surface area contributed by atoms with Crippen molar-refractivity contribution in [3.63, 3.8) is 0 Å². The molecule has 1 saturated carbocycles. The predicted molar refractivity (Wildman–Crippen MR) is 67.8 cm³/mol.